The Morgan fingerprint density at radius 1 is 1.17 bits per heavy atom. The number of aryl methyl sites for hydroxylation is 2. The van der Waals surface area contributed by atoms with E-state index in [1.807, 2.05) is 46.8 Å². The van der Waals surface area contributed by atoms with Crippen molar-refractivity contribution in [3.05, 3.63) is 68.0 Å². The summed E-state index contributed by atoms with van der Waals surface area (Å²) in [5.41, 5.74) is 5.36. The van der Waals surface area contributed by atoms with E-state index in [0.29, 0.717) is 16.7 Å². The second-order valence-electron chi connectivity index (χ2n) is 9.54. The highest BCUT2D eigenvalue weighted by atomic mass is 79.9. The Bertz CT molecular complexity index is 1370. The Morgan fingerprint density at radius 2 is 1.81 bits per heavy atom. The Kier molecular flexibility index (Phi) is 8.29. The van der Waals surface area contributed by atoms with Gasteiger partial charge in [-0.3, -0.25) is 14.4 Å². The molecule has 190 valence electrons. The second kappa shape index (κ2) is 11.0. The van der Waals surface area contributed by atoms with Crippen molar-refractivity contribution in [2.45, 2.75) is 46.6 Å². The van der Waals surface area contributed by atoms with E-state index in [9.17, 15) is 14.4 Å². The van der Waals surface area contributed by atoms with E-state index < -0.39 is 28.9 Å². The predicted molar refractivity (Wildman–Crippen MR) is 144 cm³/mol. The molecule has 36 heavy (non-hydrogen) atoms. The van der Waals surface area contributed by atoms with Gasteiger partial charge in [-0.25, -0.2) is 4.98 Å². The van der Waals surface area contributed by atoms with Gasteiger partial charge in [-0.15, -0.1) is 0 Å². The number of hydrogen-bond donors (Lipinski definition) is 3. The number of benzene rings is 2. The molecule has 0 aliphatic carbocycles. The smallest absolute Gasteiger partial charge is 0.315 e. The number of hydrogen-bond acceptors (Lipinski definition) is 7. The minimum absolute atomic E-state index is 0.0939. The molecular weight excluding hydrogens is 526 g/mol. The van der Waals surface area contributed by atoms with E-state index >= 15 is 0 Å². The Labute approximate surface area is 217 Å². The van der Waals surface area contributed by atoms with Crippen LogP contribution < -0.4 is 16.3 Å². The van der Waals surface area contributed by atoms with Gasteiger partial charge in [-0.05, 0) is 70.0 Å². The molecule has 0 aliphatic heterocycles. The summed E-state index contributed by atoms with van der Waals surface area (Å²) in [7, 11) is 1.23. The number of fused-ring (bicyclic) bond motifs is 1. The fourth-order valence-corrected chi connectivity index (χ4v) is 4.32. The molecule has 3 rings (SSSR count). The third kappa shape index (κ3) is 6.57. The monoisotopic (exact) mass is 555 g/mol. The highest BCUT2D eigenvalue weighted by Crippen LogP contribution is 2.25. The molecular formula is C26H30BrN5O4. The summed E-state index contributed by atoms with van der Waals surface area (Å²) >= 11 is 3.45. The first kappa shape index (κ1) is 27.1. The zero-order valence-electron chi connectivity index (χ0n) is 21.2. The summed E-state index contributed by atoms with van der Waals surface area (Å²) in [4.78, 5) is 46.5. The van der Waals surface area contributed by atoms with Crippen molar-refractivity contribution in [2.24, 2.45) is 11.0 Å². The van der Waals surface area contributed by atoms with E-state index in [4.69, 9.17) is 4.74 Å². The topological polar surface area (TPSA) is 126 Å². The number of anilines is 1. The van der Waals surface area contributed by atoms with Crippen LogP contribution in [0, 0.1) is 19.8 Å². The summed E-state index contributed by atoms with van der Waals surface area (Å²) in [6, 6.07) is 10.8. The van der Waals surface area contributed by atoms with Gasteiger partial charge in [-0.2, -0.15) is 5.10 Å². The largest absolute Gasteiger partial charge is 0.468 e. The molecule has 1 aromatic heterocycles. The van der Waals surface area contributed by atoms with Crippen LogP contribution in [-0.2, 0) is 20.7 Å². The molecule has 0 spiro atoms. The van der Waals surface area contributed by atoms with E-state index in [-0.39, 0.29) is 17.8 Å². The zero-order valence-corrected chi connectivity index (χ0v) is 22.7. The molecule has 0 aliphatic rings. The molecule has 0 bridgehead atoms. The number of aromatic amines is 1. The highest BCUT2D eigenvalue weighted by Gasteiger charge is 2.33. The van der Waals surface area contributed by atoms with Gasteiger partial charge in [-0.1, -0.05) is 28.1 Å². The van der Waals surface area contributed by atoms with Crippen molar-refractivity contribution < 1.29 is 14.3 Å². The number of hydrazone groups is 1. The summed E-state index contributed by atoms with van der Waals surface area (Å²) < 4.78 is 5.90. The first-order valence-electron chi connectivity index (χ1n) is 11.4. The molecule has 2 aromatic carbocycles. The molecule has 3 N–H and O–H groups in total. The lowest BCUT2D eigenvalue weighted by atomic mass is 9.96. The summed E-state index contributed by atoms with van der Waals surface area (Å²) in [5.74, 6) is -2.48. The molecule has 0 saturated heterocycles. The minimum atomic E-state index is -1.18. The number of para-hydroxylation sites is 2. The fraction of sp³-hybridized carbons (Fsp3) is 0.346. The summed E-state index contributed by atoms with van der Waals surface area (Å²) in [6.45, 7) is 9.36. The maximum absolute atomic E-state index is 13.6. The van der Waals surface area contributed by atoms with E-state index in [0.717, 1.165) is 15.6 Å². The molecule has 0 saturated carbocycles. The van der Waals surface area contributed by atoms with Crippen LogP contribution in [0.1, 0.15) is 37.6 Å². The number of rotatable bonds is 7. The second-order valence-corrected chi connectivity index (χ2v) is 10.5. The standard InChI is InChI=1S/C26H30BrN5O4/c1-14-11-16(27)12-15(2)21(14)30-24(34)22(31-32-26(3,4)5)17(25(35)36-6)13-20-23(33)29-19-10-8-7-9-18(19)28-20/h7-12,17,32H,13H2,1-6H3,(H,29,33)(H,30,34)/b31-22+. The van der Waals surface area contributed by atoms with Gasteiger partial charge in [0.1, 0.15) is 17.3 Å². The van der Waals surface area contributed by atoms with Gasteiger partial charge in [0.25, 0.3) is 11.5 Å². The normalized spacial score (nSPS) is 12.8. The van der Waals surface area contributed by atoms with Gasteiger partial charge in [0.15, 0.2) is 0 Å². The van der Waals surface area contributed by atoms with Crippen molar-refractivity contribution in [1.29, 1.82) is 0 Å². The number of ether oxygens (including phenoxy) is 1. The Hall–Kier alpha value is -3.53. The molecule has 0 radical (unpaired) electrons. The van der Waals surface area contributed by atoms with Gasteiger partial charge in [0, 0.05) is 22.1 Å². The molecule has 10 heteroatoms. The van der Waals surface area contributed by atoms with Crippen LogP contribution in [0.25, 0.3) is 11.0 Å². The highest BCUT2D eigenvalue weighted by molar-refractivity contribution is 9.10. The number of esters is 1. The van der Waals surface area contributed by atoms with E-state index in [1.165, 1.54) is 7.11 Å². The lowest BCUT2D eigenvalue weighted by molar-refractivity contribution is -0.143. The van der Waals surface area contributed by atoms with Crippen LogP contribution in [0.2, 0.25) is 0 Å². The minimum Gasteiger partial charge on any atom is -0.468 e. The van der Waals surface area contributed by atoms with Gasteiger partial charge in [0.2, 0.25) is 0 Å². The van der Waals surface area contributed by atoms with Crippen LogP contribution in [0.3, 0.4) is 0 Å². The number of methoxy groups -OCH3 is 1. The summed E-state index contributed by atoms with van der Waals surface area (Å²) in [6.07, 6.45) is -0.177. The van der Waals surface area contributed by atoms with E-state index in [2.05, 4.69) is 41.7 Å². The number of nitrogens with one attached hydrogen (secondary N) is 3. The number of amides is 1. The van der Waals surface area contributed by atoms with Crippen LogP contribution in [-0.4, -0.2) is 40.2 Å². The Balaban J connectivity index is 2.07. The van der Waals surface area contributed by atoms with Crippen molar-refractivity contribution in [1.82, 2.24) is 15.4 Å². The molecule has 1 atom stereocenters. The van der Waals surface area contributed by atoms with Crippen molar-refractivity contribution >= 4 is 50.2 Å². The van der Waals surface area contributed by atoms with Crippen molar-refractivity contribution in [3.8, 4) is 0 Å². The Morgan fingerprint density at radius 3 is 2.42 bits per heavy atom. The average Bonchev–Trinajstić information content (AvgIpc) is 2.79. The number of carbonyl (C=O) groups excluding carboxylic acids is 2. The van der Waals surface area contributed by atoms with Crippen LogP contribution in [0.15, 0.2) is 50.8 Å². The zero-order chi connectivity index (χ0) is 26.6. The number of carbonyl (C=O) groups is 2. The maximum atomic E-state index is 13.6. The maximum Gasteiger partial charge on any atom is 0.315 e. The molecule has 1 heterocycles. The quantitative estimate of drug-likeness (QED) is 0.229. The van der Waals surface area contributed by atoms with Crippen molar-refractivity contribution in [2.75, 3.05) is 12.4 Å². The predicted octanol–water partition coefficient (Wildman–Crippen LogP) is 4.02. The van der Waals surface area contributed by atoms with Gasteiger partial charge >= 0.3 is 5.97 Å². The van der Waals surface area contributed by atoms with Crippen molar-refractivity contribution in [3.63, 3.8) is 0 Å². The number of aromatic nitrogens is 2. The summed E-state index contributed by atoms with van der Waals surface area (Å²) in [5, 5.41) is 7.22. The molecule has 1 amide bonds. The average molecular weight is 556 g/mol. The lowest BCUT2D eigenvalue weighted by Crippen LogP contribution is -2.41. The first-order valence-corrected chi connectivity index (χ1v) is 12.2. The first-order chi connectivity index (χ1) is 16.9. The SMILES string of the molecule is COC(=O)C(Cc1nc2ccccc2[nH]c1=O)/C(=N\NC(C)(C)C)C(=O)Nc1c(C)cc(Br)cc1C. The third-order valence-electron chi connectivity index (χ3n) is 5.36. The fourth-order valence-electron chi connectivity index (χ4n) is 3.63. The number of H-pyrrole nitrogens is 1. The van der Waals surface area contributed by atoms with Gasteiger partial charge in [0.05, 0.1) is 18.1 Å². The molecule has 9 nitrogen and oxygen atoms in total. The molecule has 1 unspecified atom stereocenters. The van der Waals surface area contributed by atoms with Crippen LogP contribution in [0.4, 0.5) is 5.69 Å². The van der Waals surface area contributed by atoms with Crippen LogP contribution in [0.5, 0.6) is 0 Å². The van der Waals surface area contributed by atoms with Crippen LogP contribution >= 0.6 is 15.9 Å². The third-order valence-corrected chi connectivity index (χ3v) is 5.82. The lowest BCUT2D eigenvalue weighted by Gasteiger charge is -2.22. The number of nitrogens with zero attached hydrogens (tertiary/aromatic N) is 2. The number of halogens is 1. The van der Waals surface area contributed by atoms with E-state index in [1.54, 1.807) is 24.3 Å². The molecule has 3 aromatic rings. The molecule has 0 fully saturated rings. The van der Waals surface area contributed by atoms with Gasteiger partial charge < -0.3 is 20.5 Å².